The summed E-state index contributed by atoms with van der Waals surface area (Å²) in [6, 6.07) is 5.40. The van der Waals surface area contributed by atoms with Gasteiger partial charge in [0.1, 0.15) is 0 Å². The van der Waals surface area contributed by atoms with Crippen LogP contribution in [0.4, 0.5) is 0 Å². The van der Waals surface area contributed by atoms with Crippen LogP contribution in [0.5, 0.6) is 0 Å². The standard InChI is InChI=1S/C14H15ClN2O2S/c1-9(2)17-8-16-6-10(17)7-20-11-3-4-13(15)12(5-11)14(18)19/h3-6,8-9H,7H2,1-2H3,(H,18,19). The minimum atomic E-state index is -1.01. The molecule has 1 N–H and O–H groups in total. The summed E-state index contributed by atoms with van der Waals surface area (Å²) in [7, 11) is 0. The van der Waals surface area contributed by atoms with Crippen molar-refractivity contribution in [3.05, 3.63) is 47.0 Å². The molecule has 0 bridgehead atoms. The fourth-order valence-corrected chi connectivity index (χ4v) is 2.93. The van der Waals surface area contributed by atoms with Gasteiger partial charge >= 0.3 is 5.97 Å². The molecule has 0 aliphatic carbocycles. The van der Waals surface area contributed by atoms with Crippen molar-refractivity contribution >= 4 is 29.3 Å². The van der Waals surface area contributed by atoms with Gasteiger partial charge in [-0.2, -0.15) is 0 Å². The Morgan fingerprint density at radius 2 is 2.25 bits per heavy atom. The van der Waals surface area contributed by atoms with Gasteiger partial charge in [-0.1, -0.05) is 11.6 Å². The molecule has 20 heavy (non-hydrogen) atoms. The van der Waals surface area contributed by atoms with Crippen LogP contribution in [0.3, 0.4) is 0 Å². The number of hydrogen-bond acceptors (Lipinski definition) is 3. The molecule has 1 aromatic heterocycles. The number of rotatable bonds is 5. The molecule has 0 fully saturated rings. The lowest BCUT2D eigenvalue weighted by atomic mass is 10.2. The predicted molar refractivity (Wildman–Crippen MR) is 80.6 cm³/mol. The fraction of sp³-hybridized carbons (Fsp3) is 0.286. The van der Waals surface area contributed by atoms with Crippen LogP contribution in [-0.2, 0) is 5.75 Å². The average molecular weight is 311 g/mol. The molecule has 6 heteroatoms. The first-order valence-electron chi connectivity index (χ1n) is 6.15. The van der Waals surface area contributed by atoms with Crippen LogP contribution in [0.1, 0.15) is 35.9 Å². The number of thioether (sulfide) groups is 1. The molecule has 0 radical (unpaired) electrons. The number of benzene rings is 1. The third-order valence-electron chi connectivity index (χ3n) is 2.86. The SMILES string of the molecule is CC(C)n1cncc1CSc1ccc(Cl)c(C(=O)O)c1. The zero-order valence-electron chi connectivity index (χ0n) is 11.2. The van der Waals surface area contributed by atoms with E-state index in [1.807, 2.05) is 18.6 Å². The van der Waals surface area contributed by atoms with Crippen LogP contribution < -0.4 is 0 Å². The van der Waals surface area contributed by atoms with Gasteiger partial charge in [-0.25, -0.2) is 9.78 Å². The van der Waals surface area contributed by atoms with Crippen LogP contribution in [0.15, 0.2) is 35.6 Å². The highest BCUT2D eigenvalue weighted by atomic mass is 35.5. The molecule has 0 unspecified atom stereocenters. The highest BCUT2D eigenvalue weighted by Crippen LogP contribution is 2.27. The normalized spacial score (nSPS) is 11.0. The minimum Gasteiger partial charge on any atom is -0.478 e. The summed E-state index contributed by atoms with van der Waals surface area (Å²) in [4.78, 5) is 16.1. The lowest BCUT2D eigenvalue weighted by molar-refractivity contribution is 0.0697. The first kappa shape index (κ1) is 14.9. The molecule has 0 saturated heterocycles. The molecule has 0 saturated carbocycles. The van der Waals surface area contributed by atoms with E-state index in [2.05, 4.69) is 23.4 Å². The first-order chi connectivity index (χ1) is 9.49. The van der Waals surface area contributed by atoms with E-state index >= 15 is 0 Å². The molecule has 2 rings (SSSR count). The maximum Gasteiger partial charge on any atom is 0.337 e. The van der Waals surface area contributed by atoms with Gasteiger partial charge in [0, 0.05) is 28.6 Å². The third kappa shape index (κ3) is 3.35. The van der Waals surface area contributed by atoms with Crippen molar-refractivity contribution in [2.45, 2.75) is 30.5 Å². The predicted octanol–water partition coefficient (Wildman–Crippen LogP) is 4.11. The fourth-order valence-electron chi connectivity index (χ4n) is 1.82. The average Bonchev–Trinajstić information content (AvgIpc) is 2.86. The summed E-state index contributed by atoms with van der Waals surface area (Å²) in [6.07, 6.45) is 3.64. The van der Waals surface area contributed by atoms with E-state index in [-0.39, 0.29) is 10.6 Å². The number of nitrogens with zero attached hydrogens (tertiary/aromatic N) is 2. The summed E-state index contributed by atoms with van der Waals surface area (Å²) < 4.78 is 2.10. The molecule has 0 aliphatic heterocycles. The highest BCUT2D eigenvalue weighted by Gasteiger charge is 2.11. The Bertz CT molecular complexity index is 625. The summed E-state index contributed by atoms with van der Waals surface area (Å²) in [5.74, 6) is -0.275. The largest absolute Gasteiger partial charge is 0.478 e. The van der Waals surface area contributed by atoms with Crippen LogP contribution in [0.2, 0.25) is 5.02 Å². The summed E-state index contributed by atoms with van der Waals surface area (Å²) in [6.45, 7) is 4.20. The van der Waals surface area contributed by atoms with Crippen molar-refractivity contribution in [2.24, 2.45) is 0 Å². The number of carboxylic acid groups (broad SMARTS) is 1. The highest BCUT2D eigenvalue weighted by molar-refractivity contribution is 7.98. The molecule has 106 valence electrons. The van der Waals surface area contributed by atoms with Crippen molar-refractivity contribution in [1.29, 1.82) is 0 Å². The van der Waals surface area contributed by atoms with Gasteiger partial charge < -0.3 is 9.67 Å². The van der Waals surface area contributed by atoms with E-state index in [1.165, 1.54) is 0 Å². The van der Waals surface area contributed by atoms with Gasteiger partial charge in [0.25, 0.3) is 0 Å². The second-order valence-electron chi connectivity index (χ2n) is 4.62. The van der Waals surface area contributed by atoms with E-state index in [4.69, 9.17) is 16.7 Å². The van der Waals surface area contributed by atoms with Gasteiger partial charge in [0.15, 0.2) is 0 Å². The molecule has 1 heterocycles. The number of halogens is 1. The zero-order chi connectivity index (χ0) is 14.7. The molecular weight excluding hydrogens is 296 g/mol. The number of imidazole rings is 1. The molecule has 0 aliphatic rings. The van der Waals surface area contributed by atoms with E-state index in [0.717, 1.165) is 16.3 Å². The van der Waals surface area contributed by atoms with Crippen LogP contribution in [0, 0.1) is 0 Å². The Hall–Kier alpha value is -1.46. The van der Waals surface area contributed by atoms with Crippen LogP contribution in [0.25, 0.3) is 0 Å². The Morgan fingerprint density at radius 1 is 1.50 bits per heavy atom. The second kappa shape index (κ2) is 6.33. The molecule has 0 amide bonds. The van der Waals surface area contributed by atoms with Crippen LogP contribution in [-0.4, -0.2) is 20.6 Å². The first-order valence-corrected chi connectivity index (χ1v) is 7.51. The molecule has 0 spiro atoms. The smallest absolute Gasteiger partial charge is 0.337 e. The van der Waals surface area contributed by atoms with Gasteiger partial charge in [-0.3, -0.25) is 0 Å². The summed E-state index contributed by atoms with van der Waals surface area (Å²) in [5, 5.41) is 9.31. The van der Waals surface area contributed by atoms with Crippen molar-refractivity contribution in [3.63, 3.8) is 0 Å². The number of aromatic nitrogens is 2. The topological polar surface area (TPSA) is 55.1 Å². The van der Waals surface area contributed by atoms with E-state index in [1.54, 1.807) is 23.9 Å². The third-order valence-corrected chi connectivity index (χ3v) is 4.21. The Kier molecular flexibility index (Phi) is 4.73. The molecule has 0 atom stereocenters. The van der Waals surface area contributed by atoms with Crippen LogP contribution >= 0.6 is 23.4 Å². The van der Waals surface area contributed by atoms with Crippen molar-refractivity contribution < 1.29 is 9.90 Å². The molecule has 2 aromatic rings. The van der Waals surface area contributed by atoms with Gasteiger partial charge in [-0.15, -0.1) is 11.8 Å². The lowest BCUT2D eigenvalue weighted by Crippen LogP contribution is -2.03. The maximum atomic E-state index is 11.0. The number of carboxylic acids is 1. The Balaban J connectivity index is 2.13. The minimum absolute atomic E-state index is 0.133. The lowest BCUT2D eigenvalue weighted by Gasteiger charge is -2.11. The van der Waals surface area contributed by atoms with Gasteiger partial charge in [0.05, 0.1) is 16.9 Å². The quantitative estimate of drug-likeness (QED) is 0.844. The number of carbonyl (C=O) groups is 1. The Morgan fingerprint density at radius 3 is 2.90 bits per heavy atom. The van der Waals surface area contributed by atoms with E-state index < -0.39 is 5.97 Å². The summed E-state index contributed by atoms with van der Waals surface area (Å²) in [5.41, 5.74) is 1.24. The van der Waals surface area contributed by atoms with E-state index in [0.29, 0.717) is 6.04 Å². The maximum absolute atomic E-state index is 11.0. The second-order valence-corrected chi connectivity index (χ2v) is 6.08. The number of hydrogen-bond donors (Lipinski definition) is 1. The monoisotopic (exact) mass is 310 g/mol. The Labute approximate surface area is 126 Å². The molecule has 4 nitrogen and oxygen atoms in total. The molecular formula is C14H15ClN2O2S. The van der Waals surface area contributed by atoms with Crippen molar-refractivity contribution in [3.8, 4) is 0 Å². The van der Waals surface area contributed by atoms with Gasteiger partial charge in [0.2, 0.25) is 0 Å². The van der Waals surface area contributed by atoms with Gasteiger partial charge in [-0.05, 0) is 32.0 Å². The van der Waals surface area contributed by atoms with Crippen molar-refractivity contribution in [1.82, 2.24) is 9.55 Å². The number of aromatic carboxylic acids is 1. The van der Waals surface area contributed by atoms with E-state index in [9.17, 15) is 4.79 Å². The zero-order valence-corrected chi connectivity index (χ0v) is 12.8. The molecule has 1 aromatic carbocycles. The van der Waals surface area contributed by atoms with Crippen molar-refractivity contribution in [2.75, 3.05) is 0 Å². The summed E-state index contributed by atoms with van der Waals surface area (Å²) >= 11 is 7.42.